The minimum atomic E-state index is -0.800. The number of benzene rings is 3. The lowest BCUT2D eigenvalue weighted by atomic mass is 9.90. The summed E-state index contributed by atoms with van der Waals surface area (Å²) >= 11 is 0. The van der Waals surface area contributed by atoms with E-state index >= 15 is 0 Å². The number of carbonyl (C=O) groups excluding carboxylic acids is 2. The Hall–Kier alpha value is -3.60. The number of methoxy groups -OCH3 is 2. The van der Waals surface area contributed by atoms with Gasteiger partial charge in [0.25, 0.3) is 0 Å². The molecule has 0 fully saturated rings. The summed E-state index contributed by atoms with van der Waals surface area (Å²) in [6, 6.07) is 25.6. The van der Waals surface area contributed by atoms with Gasteiger partial charge in [0.05, 0.1) is 20.1 Å². The second-order valence-corrected chi connectivity index (χ2v) is 6.89. The standard InChI is InChI=1S/C25H25NO4/c1-29-21-15-13-18(14-16-21)17-22(25(28)30-2)26-24(27)23(19-9-5-3-6-10-19)20-11-7-4-8-12-20/h3-16,22-23H,17H2,1-2H3,(H,26,27)/t22-/m0/s1. The van der Waals surface area contributed by atoms with Crippen LogP contribution in [0.4, 0.5) is 0 Å². The number of esters is 1. The first-order chi connectivity index (χ1) is 14.6. The van der Waals surface area contributed by atoms with Gasteiger partial charge >= 0.3 is 5.97 Å². The summed E-state index contributed by atoms with van der Waals surface area (Å²) in [6.07, 6.45) is 0.318. The minimum Gasteiger partial charge on any atom is -0.497 e. The second kappa shape index (κ2) is 10.3. The molecule has 0 spiro atoms. The van der Waals surface area contributed by atoms with Crippen LogP contribution in [-0.4, -0.2) is 32.1 Å². The van der Waals surface area contributed by atoms with Gasteiger partial charge < -0.3 is 14.8 Å². The van der Waals surface area contributed by atoms with Crippen LogP contribution in [0.15, 0.2) is 84.9 Å². The average molecular weight is 403 g/mol. The Morgan fingerprint density at radius 3 is 1.80 bits per heavy atom. The van der Waals surface area contributed by atoms with E-state index < -0.39 is 17.9 Å². The largest absolute Gasteiger partial charge is 0.497 e. The predicted octanol–water partition coefficient (Wildman–Crippen LogP) is 3.73. The highest BCUT2D eigenvalue weighted by Crippen LogP contribution is 2.25. The minimum absolute atomic E-state index is 0.253. The number of hydrogen-bond donors (Lipinski definition) is 1. The highest BCUT2D eigenvalue weighted by molar-refractivity contribution is 5.91. The first-order valence-electron chi connectivity index (χ1n) is 9.73. The number of carbonyl (C=O) groups is 2. The van der Waals surface area contributed by atoms with Gasteiger partial charge in [0, 0.05) is 6.42 Å². The summed E-state index contributed by atoms with van der Waals surface area (Å²) in [6.45, 7) is 0. The molecule has 0 aliphatic rings. The number of rotatable bonds is 8. The molecule has 0 aliphatic carbocycles. The molecular weight excluding hydrogens is 378 g/mol. The Labute approximate surface area is 176 Å². The highest BCUT2D eigenvalue weighted by Gasteiger charge is 2.28. The SMILES string of the molecule is COC(=O)[C@H](Cc1ccc(OC)cc1)NC(=O)C(c1ccccc1)c1ccccc1. The molecule has 3 aromatic carbocycles. The van der Waals surface area contributed by atoms with Crippen LogP contribution in [0.1, 0.15) is 22.6 Å². The Morgan fingerprint density at radius 1 is 0.800 bits per heavy atom. The first-order valence-corrected chi connectivity index (χ1v) is 9.73. The third-order valence-corrected chi connectivity index (χ3v) is 4.93. The maximum atomic E-state index is 13.3. The van der Waals surface area contributed by atoms with Crippen molar-refractivity contribution in [1.82, 2.24) is 5.32 Å². The number of nitrogens with one attached hydrogen (secondary N) is 1. The molecule has 3 rings (SSSR count). The summed E-state index contributed by atoms with van der Waals surface area (Å²) in [7, 11) is 2.92. The van der Waals surface area contributed by atoms with Crippen molar-refractivity contribution in [3.8, 4) is 5.75 Å². The van der Waals surface area contributed by atoms with E-state index in [2.05, 4.69) is 5.32 Å². The van der Waals surface area contributed by atoms with Crippen LogP contribution in [0.5, 0.6) is 5.75 Å². The van der Waals surface area contributed by atoms with E-state index in [-0.39, 0.29) is 5.91 Å². The van der Waals surface area contributed by atoms with Gasteiger partial charge in [0.2, 0.25) is 5.91 Å². The fourth-order valence-corrected chi connectivity index (χ4v) is 3.37. The quantitative estimate of drug-likeness (QED) is 0.582. The molecule has 5 nitrogen and oxygen atoms in total. The van der Waals surface area contributed by atoms with Gasteiger partial charge in [-0.3, -0.25) is 4.79 Å². The normalized spacial score (nSPS) is 11.6. The molecule has 0 radical (unpaired) electrons. The van der Waals surface area contributed by atoms with Crippen LogP contribution in [-0.2, 0) is 20.7 Å². The Morgan fingerprint density at radius 2 is 1.33 bits per heavy atom. The van der Waals surface area contributed by atoms with E-state index in [1.54, 1.807) is 7.11 Å². The fraction of sp³-hybridized carbons (Fsp3) is 0.200. The van der Waals surface area contributed by atoms with Gasteiger partial charge in [-0.05, 0) is 28.8 Å². The molecule has 5 heteroatoms. The number of amides is 1. The molecule has 0 bridgehead atoms. The van der Waals surface area contributed by atoms with Crippen molar-refractivity contribution in [3.05, 3.63) is 102 Å². The molecule has 1 atom stereocenters. The molecule has 30 heavy (non-hydrogen) atoms. The summed E-state index contributed by atoms with van der Waals surface area (Å²) in [5.74, 6) is -0.545. The lowest BCUT2D eigenvalue weighted by molar-refractivity contribution is -0.145. The van der Waals surface area contributed by atoms with Gasteiger partial charge in [-0.25, -0.2) is 4.79 Å². The summed E-state index contributed by atoms with van der Waals surface area (Å²) in [4.78, 5) is 25.7. The fourth-order valence-electron chi connectivity index (χ4n) is 3.37. The van der Waals surface area contributed by atoms with Crippen molar-refractivity contribution in [3.63, 3.8) is 0 Å². The van der Waals surface area contributed by atoms with E-state index in [1.165, 1.54) is 7.11 Å². The second-order valence-electron chi connectivity index (χ2n) is 6.89. The molecular formula is C25H25NO4. The molecule has 0 heterocycles. The third-order valence-electron chi connectivity index (χ3n) is 4.93. The van der Waals surface area contributed by atoms with Gasteiger partial charge in [-0.2, -0.15) is 0 Å². The van der Waals surface area contributed by atoms with Crippen molar-refractivity contribution in [2.24, 2.45) is 0 Å². The molecule has 154 valence electrons. The van der Waals surface area contributed by atoms with Gasteiger partial charge in [-0.15, -0.1) is 0 Å². The highest BCUT2D eigenvalue weighted by atomic mass is 16.5. The van der Waals surface area contributed by atoms with Gasteiger partial charge in [0.1, 0.15) is 11.8 Å². The topological polar surface area (TPSA) is 64.6 Å². The lowest BCUT2D eigenvalue weighted by Gasteiger charge is -2.22. The first kappa shape index (κ1) is 21.1. The molecule has 0 aliphatic heterocycles. The third kappa shape index (κ3) is 5.26. The van der Waals surface area contributed by atoms with Crippen molar-refractivity contribution >= 4 is 11.9 Å². The van der Waals surface area contributed by atoms with E-state index in [0.717, 1.165) is 22.4 Å². The molecule has 1 N–H and O–H groups in total. The van der Waals surface area contributed by atoms with Crippen molar-refractivity contribution in [2.75, 3.05) is 14.2 Å². The number of ether oxygens (including phenoxy) is 2. The van der Waals surface area contributed by atoms with Crippen LogP contribution >= 0.6 is 0 Å². The maximum absolute atomic E-state index is 13.3. The van der Waals surface area contributed by atoms with Crippen LogP contribution in [0.2, 0.25) is 0 Å². The predicted molar refractivity (Wildman–Crippen MR) is 115 cm³/mol. The van der Waals surface area contributed by atoms with Gasteiger partial charge in [-0.1, -0.05) is 72.8 Å². The Kier molecular flexibility index (Phi) is 7.22. The van der Waals surface area contributed by atoms with E-state index in [0.29, 0.717) is 6.42 Å². The average Bonchev–Trinajstić information content (AvgIpc) is 2.80. The van der Waals surface area contributed by atoms with Crippen molar-refractivity contribution < 1.29 is 19.1 Å². The summed E-state index contributed by atoms with van der Waals surface area (Å²) < 4.78 is 10.1. The zero-order valence-electron chi connectivity index (χ0n) is 17.1. The molecule has 0 saturated heterocycles. The van der Waals surface area contributed by atoms with E-state index in [1.807, 2.05) is 84.9 Å². The zero-order chi connectivity index (χ0) is 21.3. The lowest BCUT2D eigenvalue weighted by Crippen LogP contribution is -2.45. The van der Waals surface area contributed by atoms with Crippen molar-refractivity contribution in [2.45, 2.75) is 18.4 Å². The Balaban J connectivity index is 1.85. The number of hydrogen-bond acceptors (Lipinski definition) is 4. The summed E-state index contributed by atoms with van der Waals surface area (Å²) in [5, 5.41) is 2.90. The monoisotopic (exact) mass is 403 g/mol. The zero-order valence-corrected chi connectivity index (χ0v) is 17.1. The maximum Gasteiger partial charge on any atom is 0.328 e. The van der Waals surface area contributed by atoms with Crippen molar-refractivity contribution in [1.29, 1.82) is 0 Å². The van der Waals surface area contributed by atoms with E-state index in [9.17, 15) is 9.59 Å². The van der Waals surface area contributed by atoms with Crippen LogP contribution in [0.3, 0.4) is 0 Å². The van der Waals surface area contributed by atoms with Crippen LogP contribution in [0.25, 0.3) is 0 Å². The molecule has 0 saturated carbocycles. The summed E-state index contributed by atoms with van der Waals surface area (Å²) in [5.41, 5.74) is 2.60. The van der Waals surface area contributed by atoms with E-state index in [4.69, 9.17) is 9.47 Å². The molecule has 0 aromatic heterocycles. The smallest absolute Gasteiger partial charge is 0.328 e. The van der Waals surface area contributed by atoms with Crippen LogP contribution in [0, 0.1) is 0 Å². The molecule has 1 amide bonds. The molecule has 0 unspecified atom stereocenters. The van der Waals surface area contributed by atoms with Gasteiger partial charge in [0.15, 0.2) is 0 Å². The van der Waals surface area contributed by atoms with Crippen LogP contribution < -0.4 is 10.1 Å². The Bertz CT molecular complexity index is 916. The molecule has 3 aromatic rings.